The van der Waals surface area contributed by atoms with E-state index in [-0.39, 0.29) is 5.91 Å². The van der Waals surface area contributed by atoms with Crippen LogP contribution in [0, 0.1) is 0 Å². The minimum absolute atomic E-state index is 0.0293. The maximum Gasteiger partial charge on any atom is 0.279 e. The van der Waals surface area contributed by atoms with Gasteiger partial charge in [-0.2, -0.15) is 0 Å². The first kappa shape index (κ1) is 17.6. The van der Waals surface area contributed by atoms with Gasteiger partial charge in [0.05, 0.1) is 7.05 Å². The fourth-order valence-electron chi connectivity index (χ4n) is 2.49. The Labute approximate surface area is 156 Å². The van der Waals surface area contributed by atoms with Gasteiger partial charge in [-0.05, 0) is 24.3 Å². The van der Waals surface area contributed by atoms with Gasteiger partial charge in [0.15, 0.2) is 6.54 Å². The molecule has 2 aromatic carbocycles. The second kappa shape index (κ2) is 8.25. The van der Waals surface area contributed by atoms with E-state index < -0.39 is 0 Å². The average Bonchev–Trinajstić information content (AvgIpc) is 3.06. The summed E-state index contributed by atoms with van der Waals surface area (Å²) in [6.07, 6.45) is 0. The summed E-state index contributed by atoms with van der Waals surface area (Å²) in [4.78, 5) is 17.9. The summed E-state index contributed by atoms with van der Waals surface area (Å²) in [6.45, 7) is 1.08. The molecule has 1 aromatic heterocycles. The number of amides is 1. The predicted octanol–water partition coefficient (Wildman–Crippen LogP) is 3.12. The third-order valence-corrected chi connectivity index (χ3v) is 4.84. The van der Waals surface area contributed by atoms with Crippen LogP contribution in [0.1, 0.15) is 5.69 Å². The van der Waals surface area contributed by atoms with Crippen LogP contribution in [-0.4, -0.2) is 24.5 Å². The van der Waals surface area contributed by atoms with Gasteiger partial charge < -0.3 is 10.2 Å². The highest BCUT2D eigenvalue weighted by atomic mass is 35.5. The molecule has 0 saturated carbocycles. The number of nitrogens with zero attached hydrogens (tertiary/aromatic N) is 1. The number of anilines is 1. The Morgan fingerprint density at radius 1 is 1.16 bits per heavy atom. The third-order valence-electron chi connectivity index (χ3n) is 3.65. The zero-order valence-corrected chi connectivity index (χ0v) is 15.4. The quantitative estimate of drug-likeness (QED) is 0.698. The number of nitrogens with one attached hydrogen (secondary N) is 2. The van der Waals surface area contributed by atoms with Crippen molar-refractivity contribution in [2.24, 2.45) is 0 Å². The molecule has 0 saturated heterocycles. The molecule has 0 bridgehead atoms. The van der Waals surface area contributed by atoms with Gasteiger partial charge >= 0.3 is 0 Å². The summed E-state index contributed by atoms with van der Waals surface area (Å²) >= 11 is 7.48. The molecule has 1 heterocycles. The highest BCUT2D eigenvalue weighted by Gasteiger charge is 2.13. The first-order valence-corrected chi connectivity index (χ1v) is 9.22. The number of likely N-dealkylation sites (N-methyl/N-ethyl adjacent to an activating group) is 1. The number of carbonyl (C=O) groups excluding carboxylic acids is 1. The number of aromatic nitrogens is 1. The first-order chi connectivity index (χ1) is 12.1. The van der Waals surface area contributed by atoms with Crippen LogP contribution >= 0.6 is 22.9 Å². The zero-order valence-electron chi connectivity index (χ0n) is 13.8. The van der Waals surface area contributed by atoms with Gasteiger partial charge in [0.25, 0.3) is 5.91 Å². The molecule has 0 aliphatic rings. The fourth-order valence-corrected chi connectivity index (χ4v) is 3.44. The molecule has 1 unspecified atom stereocenters. The highest BCUT2D eigenvalue weighted by Crippen LogP contribution is 2.22. The Kier molecular flexibility index (Phi) is 5.81. The molecule has 0 fully saturated rings. The summed E-state index contributed by atoms with van der Waals surface area (Å²) in [5.41, 5.74) is 2.87. The normalized spacial score (nSPS) is 11.9. The van der Waals surface area contributed by atoms with E-state index in [1.165, 1.54) is 0 Å². The summed E-state index contributed by atoms with van der Waals surface area (Å²) in [6, 6.07) is 17.2. The van der Waals surface area contributed by atoms with Gasteiger partial charge in [0.2, 0.25) is 0 Å². The lowest BCUT2D eigenvalue weighted by atomic mass is 10.2. The van der Waals surface area contributed by atoms with Crippen molar-refractivity contribution in [2.45, 2.75) is 6.54 Å². The standard InChI is InChI=1S/C19H18ClN3OS/c1-23(12-18(24)21-16-9-7-15(20)8-10-16)11-17-13-25-19(22-17)14-5-3-2-4-6-14/h2-10,13H,11-12H2,1H3,(H,21,24)/p+1. The van der Waals surface area contributed by atoms with E-state index >= 15 is 0 Å². The lowest BCUT2D eigenvalue weighted by molar-refractivity contribution is -0.885. The van der Waals surface area contributed by atoms with Gasteiger partial charge in [0, 0.05) is 21.7 Å². The van der Waals surface area contributed by atoms with Gasteiger partial charge in [-0.25, -0.2) is 4.98 Å². The predicted molar refractivity (Wildman–Crippen MR) is 103 cm³/mol. The van der Waals surface area contributed by atoms with Crippen molar-refractivity contribution in [1.82, 2.24) is 4.98 Å². The average molecular weight is 373 g/mol. The number of rotatable bonds is 6. The van der Waals surface area contributed by atoms with Crippen molar-refractivity contribution in [3.8, 4) is 10.6 Å². The molecule has 3 rings (SSSR count). The third kappa shape index (κ3) is 5.13. The van der Waals surface area contributed by atoms with Crippen LogP contribution in [-0.2, 0) is 11.3 Å². The maximum atomic E-state index is 12.1. The summed E-state index contributed by atoms with van der Waals surface area (Å²) in [5, 5.41) is 6.60. The zero-order chi connectivity index (χ0) is 17.6. The molecule has 0 radical (unpaired) electrons. The van der Waals surface area contributed by atoms with Gasteiger partial charge in [-0.15, -0.1) is 11.3 Å². The monoisotopic (exact) mass is 372 g/mol. The van der Waals surface area contributed by atoms with Crippen LogP contribution < -0.4 is 10.2 Å². The molecule has 0 aliphatic carbocycles. The highest BCUT2D eigenvalue weighted by molar-refractivity contribution is 7.13. The van der Waals surface area contributed by atoms with E-state index in [1.807, 2.05) is 25.2 Å². The second-order valence-electron chi connectivity index (χ2n) is 5.88. The Bertz CT molecular complexity index is 833. The molecule has 128 valence electrons. The van der Waals surface area contributed by atoms with Crippen molar-refractivity contribution in [3.05, 3.63) is 70.7 Å². The van der Waals surface area contributed by atoms with Crippen molar-refractivity contribution in [2.75, 3.05) is 18.9 Å². The van der Waals surface area contributed by atoms with E-state index in [0.29, 0.717) is 18.1 Å². The van der Waals surface area contributed by atoms with Crippen LogP contribution in [0.3, 0.4) is 0 Å². The van der Waals surface area contributed by atoms with Crippen LogP contribution in [0.5, 0.6) is 0 Å². The van der Waals surface area contributed by atoms with E-state index in [9.17, 15) is 4.79 Å². The molecule has 0 aliphatic heterocycles. The molecular formula is C19H19ClN3OS+. The Morgan fingerprint density at radius 3 is 2.60 bits per heavy atom. The van der Waals surface area contributed by atoms with Gasteiger partial charge in [0.1, 0.15) is 17.2 Å². The summed E-state index contributed by atoms with van der Waals surface area (Å²) in [7, 11) is 1.99. The lowest BCUT2D eigenvalue weighted by Crippen LogP contribution is -3.08. The van der Waals surface area contributed by atoms with E-state index in [2.05, 4.69) is 27.8 Å². The number of thiazole rings is 1. The molecular weight excluding hydrogens is 354 g/mol. The smallest absolute Gasteiger partial charge is 0.279 e. The number of hydrogen-bond acceptors (Lipinski definition) is 3. The number of quaternary nitrogens is 1. The molecule has 3 aromatic rings. The van der Waals surface area contributed by atoms with Crippen molar-refractivity contribution in [3.63, 3.8) is 0 Å². The SMILES string of the molecule is C[NH+](CC(=O)Nc1ccc(Cl)cc1)Cc1csc(-c2ccccc2)n1. The number of halogens is 1. The van der Waals surface area contributed by atoms with Gasteiger partial charge in [-0.1, -0.05) is 41.9 Å². The number of hydrogen-bond donors (Lipinski definition) is 2. The van der Waals surface area contributed by atoms with Gasteiger partial charge in [-0.3, -0.25) is 4.79 Å². The first-order valence-electron chi connectivity index (χ1n) is 7.97. The van der Waals surface area contributed by atoms with Crippen molar-refractivity contribution < 1.29 is 9.69 Å². The van der Waals surface area contributed by atoms with Crippen LogP contribution in [0.4, 0.5) is 5.69 Å². The minimum Gasteiger partial charge on any atom is -0.325 e. The molecule has 1 atom stereocenters. The maximum absolute atomic E-state index is 12.1. The van der Waals surface area contributed by atoms with Crippen molar-refractivity contribution >= 4 is 34.5 Å². The Balaban J connectivity index is 1.54. The summed E-state index contributed by atoms with van der Waals surface area (Å²) < 4.78 is 0. The topological polar surface area (TPSA) is 46.4 Å². The number of carbonyl (C=O) groups is 1. The minimum atomic E-state index is -0.0293. The van der Waals surface area contributed by atoms with E-state index in [1.54, 1.807) is 35.6 Å². The molecule has 1 amide bonds. The van der Waals surface area contributed by atoms with Crippen LogP contribution in [0.25, 0.3) is 10.6 Å². The largest absolute Gasteiger partial charge is 0.325 e. The Hall–Kier alpha value is -2.21. The fraction of sp³-hybridized carbons (Fsp3) is 0.158. The summed E-state index contributed by atoms with van der Waals surface area (Å²) in [5.74, 6) is -0.0293. The molecule has 25 heavy (non-hydrogen) atoms. The van der Waals surface area contributed by atoms with E-state index in [0.717, 1.165) is 26.9 Å². The van der Waals surface area contributed by atoms with E-state index in [4.69, 9.17) is 11.6 Å². The van der Waals surface area contributed by atoms with Crippen LogP contribution in [0.15, 0.2) is 60.0 Å². The molecule has 6 heteroatoms. The molecule has 0 spiro atoms. The van der Waals surface area contributed by atoms with Crippen LogP contribution in [0.2, 0.25) is 5.02 Å². The second-order valence-corrected chi connectivity index (χ2v) is 7.17. The molecule has 2 N–H and O–H groups in total. The Morgan fingerprint density at radius 2 is 1.88 bits per heavy atom. The lowest BCUT2D eigenvalue weighted by Gasteiger charge is -2.12. The molecule has 4 nitrogen and oxygen atoms in total. The van der Waals surface area contributed by atoms with Crippen molar-refractivity contribution in [1.29, 1.82) is 0 Å². The number of benzene rings is 2.